The lowest BCUT2D eigenvalue weighted by atomic mass is 9.85. The van der Waals surface area contributed by atoms with Crippen molar-refractivity contribution in [3.05, 3.63) is 17.8 Å². The molecule has 0 radical (unpaired) electrons. The van der Waals surface area contributed by atoms with Crippen LogP contribution in [0.2, 0.25) is 0 Å². The predicted octanol–water partition coefficient (Wildman–Crippen LogP) is 3.71. The molecule has 28 heavy (non-hydrogen) atoms. The number of hydrogen-bond donors (Lipinski definition) is 1. The van der Waals surface area contributed by atoms with E-state index in [1.807, 2.05) is 12.1 Å². The van der Waals surface area contributed by atoms with E-state index in [-0.39, 0.29) is 11.9 Å². The Bertz CT molecular complexity index is 624. The Morgan fingerprint density at radius 2 is 1.82 bits per heavy atom. The number of hydrogen-bond acceptors (Lipinski definition) is 5. The molecule has 0 spiro atoms. The van der Waals surface area contributed by atoms with Crippen molar-refractivity contribution in [1.82, 2.24) is 15.5 Å². The molecule has 1 unspecified atom stereocenters. The first-order valence-electron chi connectivity index (χ1n) is 11.3. The average Bonchev–Trinajstić information content (AvgIpc) is 3.22. The Kier molecular flexibility index (Phi) is 6.78. The topological polar surface area (TPSA) is 67.3 Å². The highest BCUT2D eigenvalue weighted by Gasteiger charge is 2.27. The lowest BCUT2D eigenvalue weighted by molar-refractivity contribution is 0.0693. The summed E-state index contributed by atoms with van der Waals surface area (Å²) in [5.74, 6) is 1.73. The number of nitrogens with one attached hydrogen (secondary N) is 1. The third-order valence-electron chi connectivity index (χ3n) is 6.74. The zero-order valence-electron chi connectivity index (χ0n) is 16.9. The number of anilines is 1. The molecule has 1 N–H and O–H groups in total. The van der Waals surface area contributed by atoms with Crippen LogP contribution in [-0.2, 0) is 4.74 Å². The lowest BCUT2D eigenvalue weighted by Crippen LogP contribution is -2.39. The van der Waals surface area contributed by atoms with Gasteiger partial charge < -0.3 is 15.0 Å². The fraction of sp³-hybridized carbons (Fsp3) is 0.773. The van der Waals surface area contributed by atoms with E-state index >= 15 is 0 Å². The average molecular weight is 387 g/mol. The van der Waals surface area contributed by atoms with Crippen molar-refractivity contribution in [2.24, 2.45) is 5.92 Å². The van der Waals surface area contributed by atoms with Crippen LogP contribution in [0.3, 0.4) is 0 Å². The standard InChI is InChI=1S/C22H34N4O2/c27-22(23-18-12-15-28-16-13-18)20-10-11-21(25-24-20)26-14-4-7-19(26)9-8-17-5-2-1-3-6-17/h10-11,17-19H,1-9,12-16H2,(H,23,27). The second-order valence-corrected chi connectivity index (χ2v) is 8.71. The number of nitrogens with zero attached hydrogens (tertiary/aromatic N) is 3. The molecule has 1 atom stereocenters. The number of ether oxygens (including phenoxy) is 1. The highest BCUT2D eigenvalue weighted by atomic mass is 16.5. The van der Waals surface area contributed by atoms with Crippen molar-refractivity contribution in [2.45, 2.75) is 82.7 Å². The Labute approximate surface area is 168 Å². The van der Waals surface area contributed by atoms with Gasteiger partial charge in [-0.2, -0.15) is 0 Å². The Morgan fingerprint density at radius 3 is 2.57 bits per heavy atom. The minimum atomic E-state index is -0.124. The van der Waals surface area contributed by atoms with Gasteiger partial charge in [0.1, 0.15) is 0 Å². The van der Waals surface area contributed by atoms with Gasteiger partial charge in [-0.25, -0.2) is 0 Å². The van der Waals surface area contributed by atoms with E-state index < -0.39 is 0 Å². The number of carbonyl (C=O) groups excluding carboxylic acids is 1. The molecule has 2 aliphatic heterocycles. The molecule has 4 rings (SSSR count). The van der Waals surface area contributed by atoms with Crippen molar-refractivity contribution in [3.8, 4) is 0 Å². The second-order valence-electron chi connectivity index (χ2n) is 8.71. The van der Waals surface area contributed by atoms with Crippen molar-refractivity contribution in [1.29, 1.82) is 0 Å². The Balaban J connectivity index is 1.31. The van der Waals surface area contributed by atoms with Gasteiger partial charge in [-0.1, -0.05) is 32.1 Å². The molecule has 3 aliphatic rings. The Morgan fingerprint density at radius 1 is 1.00 bits per heavy atom. The fourth-order valence-electron chi connectivity index (χ4n) is 5.04. The number of carbonyl (C=O) groups is 1. The molecule has 3 heterocycles. The second kappa shape index (κ2) is 9.68. The highest BCUT2D eigenvalue weighted by molar-refractivity contribution is 5.92. The van der Waals surface area contributed by atoms with Gasteiger partial charge in [0, 0.05) is 31.8 Å². The van der Waals surface area contributed by atoms with E-state index in [1.54, 1.807) is 0 Å². The zero-order valence-corrected chi connectivity index (χ0v) is 16.9. The first kappa shape index (κ1) is 19.6. The minimum Gasteiger partial charge on any atom is -0.381 e. The molecule has 154 valence electrons. The van der Waals surface area contributed by atoms with E-state index in [0.717, 1.165) is 31.1 Å². The molecular weight excluding hydrogens is 352 g/mol. The SMILES string of the molecule is O=C(NC1CCOCC1)c1ccc(N2CCCC2CCC2CCCCC2)nn1. The molecule has 6 heteroatoms. The summed E-state index contributed by atoms with van der Waals surface area (Å²) in [6, 6.07) is 4.57. The van der Waals surface area contributed by atoms with Crippen LogP contribution in [0.25, 0.3) is 0 Å². The summed E-state index contributed by atoms with van der Waals surface area (Å²) in [6.07, 6.45) is 13.9. The van der Waals surface area contributed by atoms with Crippen LogP contribution in [0, 0.1) is 5.92 Å². The van der Waals surface area contributed by atoms with Gasteiger partial charge in [0.15, 0.2) is 11.5 Å². The predicted molar refractivity (Wildman–Crippen MR) is 110 cm³/mol. The number of amides is 1. The van der Waals surface area contributed by atoms with Gasteiger partial charge in [-0.05, 0) is 56.6 Å². The van der Waals surface area contributed by atoms with Crippen molar-refractivity contribution >= 4 is 11.7 Å². The van der Waals surface area contributed by atoms with E-state index in [1.165, 1.54) is 57.8 Å². The van der Waals surface area contributed by atoms with Crippen LogP contribution < -0.4 is 10.2 Å². The van der Waals surface area contributed by atoms with Gasteiger partial charge in [-0.3, -0.25) is 4.79 Å². The summed E-state index contributed by atoms with van der Waals surface area (Å²) >= 11 is 0. The molecule has 1 aromatic heterocycles. The van der Waals surface area contributed by atoms with Crippen LogP contribution >= 0.6 is 0 Å². The van der Waals surface area contributed by atoms with Gasteiger partial charge in [-0.15, -0.1) is 10.2 Å². The number of aromatic nitrogens is 2. The smallest absolute Gasteiger partial charge is 0.272 e. The first-order valence-corrected chi connectivity index (χ1v) is 11.3. The summed E-state index contributed by atoms with van der Waals surface area (Å²) < 4.78 is 5.34. The molecule has 3 fully saturated rings. The lowest BCUT2D eigenvalue weighted by Gasteiger charge is -2.28. The van der Waals surface area contributed by atoms with Crippen molar-refractivity contribution in [2.75, 3.05) is 24.7 Å². The van der Waals surface area contributed by atoms with E-state index in [0.29, 0.717) is 24.9 Å². The summed E-state index contributed by atoms with van der Waals surface area (Å²) in [6.45, 7) is 2.48. The van der Waals surface area contributed by atoms with Crippen molar-refractivity contribution < 1.29 is 9.53 Å². The van der Waals surface area contributed by atoms with Crippen LogP contribution in [0.1, 0.15) is 81.1 Å². The van der Waals surface area contributed by atoms with Crippen molar-refractivity contribution in [3.63, 3.8) is 0 Å². The maximum atomic E-state index is 12.4. The van der Waals surface area contributed by atoms with Gasteiger partial charge in [0.05, 0.1) is 0 Å². The molecular formula is C22H34N4O2. The summed E-state index contributed by atoms with van der Waals surface area (Å²) in [7, 11) is 0. The molecule has 1 aromatic rings. The summed E-state index contributed by atoms with van der Waals surface area (Å²) in [4.78, 5) is 14.8. The van der Waals surface area contributed by atoms with Crippen LogP contribution in [0.4, 0.5) is 5.82 Å². The van der Waals surface area contributed by atoms with Crippen LogP contribution in [0.15, 0.2) is 12.1 Å². The Hall–Kier alpha value is -1.69. The first-order chi connectivity index (χ1) is 13.8. The normalized spacial score (nSPS) is 24.4. The molecule has 1 aliphatic carbocycles. The minimum absolute atomic E-state index is 0.124. The van der Waals surface area contributed by atoms with E-state index in [4.69, 9.17) is 4.74 Å². The molecule has 0 bridgehead atoms. The quantitative estimate of drug-likeness (QED) is 0.807. The van der Waals surface area contributed by atoms with Gasteiger partial charge in [0.25, 0.3) is 5.91 Å². The maximum Gasteiger partial charge on any atom is 0.272 e. The molecule has 0 aromatic carbocycles. The van der Waals surface area contributed by atoms with Crippen LogP contribution in [0.5, 0.6) is 0 Å². The largest absolute Gasteiger partial charge is 0.381 e. The number of rotatable bonds is 6. The van der Waals surface area contributed by atoms with E-state index in [2.05, 4.69) is 20.4 Å². The van der Waals surface area contributed by atoms with Gasteiger partial charge in [0.2, 0.25) is 0 Å². The highest BCUT2D eigenvalue weighted by Crippen LogP contribution is 2.32. The van der Waals surface area contributed by atoms with Crippen LogP contribution in [-0.4, -0.2) is 47.9 Å². The molecule has 1 amide bonds. The molecule has 1 saturated carbocycles. The molecule has 6 nitrogen and oxygen atoms in total. The summed E-state index contributed by atoms with van der Waals surface area (Å²) in [5, 5.41) is 11.7. The van der Waals surface area contributed by atoms with E-state index in [9.17, 15) is 4.79 Å². The third-order valence-corrected chi connectivity index (χ3v) is 6.74. The monoisotopic (exact) mass is 386 g/mol. The summed E-state index contributed by atoms with van der Waals surface area (Å²) in [5.41, 5.74) is 0.410. The maximum absolute atomic E-state index is 12.4. The zero-order chi connectivity index (χ0) is 19.2. The third kappa shape index (κ3) is 5.02. The fourth-order valence-corrected chi connectivity index (χ4v) is 5.04. The molecule has 2 saturated heterocycles. The van der Waals surface area contributed by atoms with Gasteiger partial charge >= 0.3 is 0 Å².